The van der Waals surface area contributed by atoms with Crippen molar-refractivity contribution in [3.8, 4) is 0 Å². The van der Waals surface area contributed by atoms with Crippen LogP contribution in [0.4, 0.5) is 0 Å². The molecule has 0 fully saturated rings. The van der Waals surface area contributed by atoms with Gasteiger partial charge in [-0.25, -0.2) is 0 Å². The van der Waals surface area contributed by atoms with Gasteiger partial charge in [0.05, 0.1) is 12.6 Å². The second kappa shape index (κ2) is 6.41. The highest BCUT2D eigenvalue weighted by Crippen LogP contribution is 2.21. The highest BCUT2D eigenvalue weighted by molar-refractivity contribution is 9.10. The van der Waals surface area contributed by atoms with Crippen molar-refractivity contribution in [1.29, 1.82) is 0 Å². The molecule has 1 N–H and O–H groups in total. The summed E-state index contributed by atoms with van der Waals surface area (Å²) in [4.78, 5) is 11.7. The normalized spacial score (nSPS) is 17.4. The highest BCUT2D eigenvalue weighted by atomic mass is 79.9. The van der Waals surface area contributed by atoms with Crippen LogP contribution in [0, 0.1) is 0 Å². The molecule has 1 atom stereocenters. The van der Waals surface area contributed by atoms with Gasteiger partial charge in [0, 0.05) is 19.2 Å². The van der Waals surface area contributed by atoms with E-state index in [1.165, 1.54) is 0 Å². The van der Waals surface area contributed by atoms with E-state index in [0.29, 0.717) is 30.1 Å². The fourth-order valence-corrected chi connectivity index (χ4v) is 2.80. The molecule has 0 saturated heterocycles. The van der Waals surface area contributed by atoms with Gasteiger partial charge < -0.3 is 10.1 Å². The van der Waals surface area contributed by atoms with Gasteiger partial charge >= 0.3 is 0 Å². The van der Waals surface area contributed by atoms with Crippen LogP contribution >= 0.6 is 15.9 Å². The summed E-state index contributed by atoms with van der Waals surface area (Å²) < 4.78 is 8.18. The summed E-state index contributed by atoms with van der Waals surface area (Å²) in [5.41, 5.74) is 1.76. The van der Waals surface area contributed by atoms with E-state index in [9.17, 15) is 4.79 Å². The predicted molar refractivity (Wildman–Crippen MR) is 82.0 cm³/mol. The Hall–Kier alpha value is -1.66. The van der Waals surface area contributed by atoms with Gasteiger partial charge in [-0.05, 0) is 27.9 Å². The molecule has 3 rings (SSSR count). The molecule has 6 heteroatoms. The Labute approximate surface area is 131 Å². The SMILES string of the molecule is O=C1NC[C@H](CCOCc2ccccc2)n2nc(Br)cc21. The quantitative estimate of drug-likeness (QED) is 0.844. The number of amides is 1. The number of benzene rings is 1. The number of carbonyl (C=O) groups is 1. The van der Waals surface area contributed by atoms with Crippen LogP contribution in [0.5, 0.6) is 0 Å². The molecule has 0 saturated carbocycles. The molecule has 1 aromatic heterocycles. The second-order valence-electron chi connectivity index (χ2n) is 4.99. The molecule has 2 heterocycles. The van der Waals surface area contributed by atoms with Gasteiger partial charge in [-0.1, -0.05) is 30.3 Å². The number of aromatic nitrogens is 2. The first kappa shape index (κ1) is 14.3. The first-order valence-electron chi connectivity index (χ1n) is 6.89. The van der Waals surface area contributed by atoms with Crippen molar-refractivity contribution in [3.05, 3.63) is 52.3 Å². The van der Waals surface area contributed by atoms with E-state index in [0.717, 1.165) is 12.0 Å². The number of hydrogen-bond acceptors (Lipinski definition) is 3. The fourth-order valence-electron chi connectivity index (χ4n) is 2.41. The monoisotopic (exact) mass is 349 g/mol. The molecule has 0 bridgehead atoms. The van der Waals surface area contributed by atoms with Crippen LogP contribution in [0.15, 0.2) is 41.0 Å². The van der Waals surface area contributed by atoms with Gasteiger partial charge in [-0.2, -0.15) is 5.10 Å². The predicted octanol–water partition coefficient (Wildman–Crippen LogP) is 2.54. The second-order valence-corrected chi connectivity index (χ2v) is 5.80. The van der Waals surface area contributed by atoms with Crippen molar-refractivity contribution in [2.24, 2.45) is 0 Å². The summed E-state index contributed by atoms with van der Waals surface area (Å²) >= 11 is 3.32. The number of nitrogens with one attached hydrogen (secondary N) is 1. The minimum absolute atomic E-state index is 0.0744. The van der Waals surface area contributed by atoms with Gasteiger partial charge in [0.1, 0.15) is 10.3 Å². The van der Waals surface area contributed by atoms with Gasteiger partial charge in [0.15, 0.2) is 0 Å². The van der Waals surface area contributed by atoms with Crippen LogP contribution < -0.4 is 5.32 Å². The largest absolute Gasteiger partial charge is 0.377 e. The lowest BCUT2D eigenvalue weighted by molar-refractivity contribution is 0.0855. The van der Waals surface area contributed by atoms with Crippen LogP contribution in [0.25, 0.3) is 0 Å². The van der Waals surface area contributed by atoms with Crippen LogP contribution in [-0.4, -0.2) is 28.8 Å². The van der Waals surface area contributed by atoms with Crippen molar-refractivity contribution in [3.63, 3.8) is 0 Å². The molecular weight excluding hydrogens is 334 g/mol. The molecule has 5 nitrogen and oxygen atoms in total. The summed E-state index contributed by atoms with van der Waals surface area (Å²) in [5.74, 6) is -0.0744. The zero-order valence-corrected chi connectivity index (χ0v) is 13.0. The van der Waals surface area contributed by atoms with Crippen molar-refractivity contribution in [1.82, 2.24) is 15.1 Å². The Bertz CT molecular complexity index is 627. The topological polar surface area (TPSA) is 56.1 Å². The number of carbonyl (C=O) groups excluding carboxylic acids is 1. The number of nitrogens with zero attached hydrogens (tertiary/aromatic N) is 2. The van der Waals surface area contributed by atoms with Crippen molar-refractivity contribution in [2.75, 3.05) is 13.2 Å². The highest BCUT2D eigenvalue weighted by Gasteiger charge is 2.26. The Morgan fingerprint density at radius 1 is 1.38 bits per heavy atom. The third-order valence-electron chi connectivity index (χ3n) is 3.49. The van der Waals surface area contributed by atoms with E-state index in [1.807, 2.05) is 30.3 Å². The van der Waals surface area contributed by atoms with Gasteiger partial charge in [0.25, 0.3) is 5.91 Å². The average molecular weight is 350 g/mol. The van der Waals surface area contributed by atoms with E-state index in [4.69, 9.17) is 4.74 Å². The summed E-state index contributed by atoms with van der Waals surface area (Å²) in [6.45, 7) is 1.83. The number of hydrogen-bond donors (Lipinski definition) is 1. The van der Waals surface area contributed by atoms with Gasteiger partial charge in [-0.15, -0.1) is 0 Å². The molecule has 0 aliphatic carbocycles. The number of halogens is 1. The van der Waals surface area contributed by atoms with Crippen LogP contribution in [0.2, 0.25) is 0 Å². The van der Waals surface area contributed by atoms with Crippen LogP contribution in [0.1, 0.15) is 28.5 Å². The molecule has 0 radical (unpaired) electrons. The number of fused-ring (bicyclic) bond motifs is 1. The zero-order valence-electron chi connectivity index (χ0n) is 11.5. The van der Waals surface area contributed by atoms with Gasteiger partial charge in [0.2, 0.25) is 0 Å². The molecular formula is C15H16BrN3O2. The maximum absolute atomic E-state index is 11.7. The average Bonchev–Trinajstić information content (AvgIpc) is 2.89. The van der Waals surface area contributed by atoms with E-state index in [2.05, 4.69) is 26.3 Å². The standard InChI is InChI=1S/C15H16BrN3O2/c16-14-8-13-15(20)17-9-12(19(13)18-14)6-7-21-10-11-4-2-1-3-5-11/h1-5,8,12H,6-7,9-10H2,(H,17,20)/t12-/m0/s1. The molecule has 21 heavy (non-hydrogen) atoms. The van der Waals surface area contributed by atoms with Crippen LogP contribution in [-0.2, 0) is 11.3 Å². The van der Waals surface area contributed by atoms with E-state index < -0.39 is 0 Å². The molecule has 110 valence electrons. The third-order valence-corrected chi connectivity index (χ3v) is 3.88. The molecule has 1 aromatic carbocycles. The first-order valence-corrected chi connectivity index (χ1v) is 7.68. The van der Waals surface area contributed by atoms with E-state index >= 15 is 0 Å². The molecule has 1 aliphatic heterocycles. The van der Waals surface area contributed by atoms with Crippen molar-refractivity contribution in [2.45, 2.75) is 19.1 Å². The molecule has 1 aliphatic rings. The Morgan fingerprint density at radius 3 is 3.00 bits per heavy atom. The summed E-state index contributed by atoms with van der Waals surface area (Å²) in [6, 6.07) is 12.0. The molecule has 0 unspecified atom stereocenters. The minimum atomic E-state index is -0.0744. The summed E-state index contributed by atoms with van der Waals surface area (Å²) in [6.07, 6.45) is 0.814. The molecule has 0 spiro atoms. The van der Waals surface area contributed by atoms with Crippen molar-refractivity contribution < 1.29 is 9.53 Å². The lowest BCUT2D eigenvalue weighted by Crippen LogP contribution is -2.39. The fraction of sp³-hybridized carbons (Fsp3) is 0.333. The first-order chi connectivity index (χ1) is 10.2. The molecule has 1 amide bonds. The lowest BCUT2D eigenvalue weighted by Gasteiger charge is -2.24. The smallest absolute Gasteiger partial charge is 0.269 e. The third kappa shape index (κ3) is 3.33. The Balaban J connectivity index is 1.54. The van der Waals surface area contributed by atoms with Crippen molar-refractivity contribution >= 4 is 21.8 Å². The summed E-state index contributed by atoms with van der Waals surface area (Å²) in [7, 11) is 0. The van der Waals surface area contributed by atoms with Gasteiger partial charge in [-0.3, -0.25) is 9.48 Å². The van der Waals surface area contributed by atoms with Crippen LogP contribution in [0.3, 0.4) is 0 Å². The van der Waals surface area contributed by atoms with E-state index in [1.54, 1.807) is 10.7 Å². The Morgan fingerprint density at radius 2 is 2.19 bits per heavy atom. The summed E-state index contributed by atoms with van der Waals surface area (Å²) in [5, 5.41) is 7.22. The Kier molecular flexibility index (Phi) is 4.36. The number of ether oxygens (including phenoxy) is 1. The lowest BCUT2D eigenvalue weighted by atomic mass is 10.1. The zero-order chi connectivity index (χ0) is 14.7. The maximum atomic E-state index is 11.7. The number of rotatable bonds is 5. The molecule has 2 aromatic rings. The minimum Gasteiger partial charge on any atom is -0.377 e. The maximum Gasteiger partial charge on any atom is 0.269 e. The van der Waals surface area contributed by atoms with E-state index in [-0.39, 0.29) is 11.9 Å².